The molecule has 4 aromatic rings. The maximum Gasteiger partial charge on any atom is 0.241 e. The van der Waals surface area contributed by atoms with Gasteiger partial charge in [-0.1, -0.05) is 0 Å². The molecule has 0 radical (unpaired) electrons. The van der Waals surface area contributed by atoms with Crippen molar-refractivity contribution < 1.29 is 9.13 Å². The zero-order chi connectivity index (χ0) is 22.4. The molecule has 2 fully saturated rings. The number of nitrogens with one attached hydrogen (secondary N) is 1. The van der Waals surface area contributed by atoms with Gasteiger partial charge >= 0.3 is 0 Å². The molecular weight excluding hydrogens is 423 g/mol. The van der Waals surface area contributed by atoms with Crippen LogP contribution in [0.25, 0.3) is 27.9 Å². The Morgan fingerprint density at radius 2 is 2.00 bits per heavy atom. The van der Waals surface area contributed by atoms with Crippen LogP contribution >= 0.6 is 0 Å². The Morgan fingerprint density at radius 3 is 2.82 bits per heavy atom. The maximum atomic E-state index is 13.0. The van der Waals surface area contributed by atoms with Crippen molar-refractivity contribution in [1.29, 1.82) is 0 Å². The molecule has 6 rings (SSSR count). The number of morpholine rings is 1. The number of ether oxygens (including phenoxy) is 1. The summed E-state index contributed by atoms with van der Waals surface area (Å²) in [6, 6.07) is 6.89. The van der Waals surface area contributed by atoms with Crippen LogP contribution < -0.4 is 5.32 Å². The lowest BCUT2D eigenvalue weighted by Crippen LogP contribution is -2.53. The third-order valence-electron chi connectivity index (χ3n) is 6.79. The standard InChI is InChI=1S/C23H27FN8O/c1-15-26-20-3-2-19(28-22(20)31(15)7-5-24)18-4-6-32-21(18)14-25-23(29-32)27-16-12-17(13-16)30-8-10-33-11-9-30/h2-4,6,14,16-17H,5,7-13H2,1H3,(H,27,29)/t16-,17-. The van der Waals surface area contributed by atoms with Crippen molar-refractivity contribution in [3.63, 3.8) is 0 Å². The first kappa shape index (κ1) is 20.5. The highest BCUT2D eigenvalue weighted by Gasteiger charge is 2.34. The van der Waals surface area contributed by atoms with Crippen molar-refractivity contribution in [3.8, 4) is 11.3 Å². The average Bonchev–Trinajstić information content (AvgIpc) is 3.37. The first-order valence-electron chi connectivity index (χ1n) is 11.5. The van der Waals surface area contributed by atoms with Gasteiger partial charge < -0.3 is 14.6 Å². The zero-order valence-electron chi connectivity index (χ0n) is 18.6. The van der Waals surface area contributed by atoms with Gasteiger partial charge in [-0.05, 0) is 38.0 Å². The molecule has 0 amide bonds. The quantitative estimate of drug-likeness (QED) is 0.483. The zero-order valence-corrected chi connectivity index (χ0v) is 18.6. The monoisotopic (exact) mass is 450 g/mol. The van der Waals surface area contributed by atoms with Gasteiger partial charge in [0.2, 0.25) is 5.95 Å². The predicted octanol–water partition coefficient (Wildman–Crippen LogP) is 2.69. The van der Waals surface area contributed by atoms with E-state index in [1.54, 1.807) is 0 Å². The van der Waals surface area contributed by atoms with Crippen LogP contribution in [0, 0.1) is 6.92 Å². The van der Waals surface area contributed by atoms with E-state index in [0.29, 0.717) is 23.7 Å². The molecule has 1 N–H and O–H groups in total. The normalized spacial score (nSPS) is 21.5. The van der Waals surface area contributed by atoms with E-state index in [-0.39, 0.29) is 6.54 Å². The average molecular weight is 451 g/mol. The van der Waals surface area contributed by atoms with Crippen LogP contribution in [0.15, 0.2) is 30.6 Å². The largest absolute Gasteiger partial charge is 0.379 e. The highest BCUT2D eigenvalue weighted by atomic mass is 19.1. The first-order valence-corrected chi connectivity index (χ1v) is 11.5. The second-order valence-electron chi connectivity index (χ2n) is 8.79. The summed E-state index contributed by atoms with van der Waals surface area (Å²) in [6.07, 6.45) is 5.96. The number of alkyl halides is 1. The second-order valence-corrected chi connectivity index (χ2v) is 8.79. The van der Waals surface area contributed by atoms with Gasteiger partial charge in [-0.25, -0.2) is 23.9 Å². The molecule has 1 aliphatic heterocycles. The molecule has 33 heavy (non-hydrogen) atoms. The van der Waals surface area contributed by atoms with E-state index < -0.39 is 6.67 Å². The summed E-state index contributed by atoms with van der Waals surface area (Å²) in [5.74, 6) is 1.40. The summed E-state index contributed by atoms with van der Waals surface area (Å²) < 4.78 is 22.1. The smallest absolute Gasteiger partial charge is 0.241 e. The van der Waals surface area contributed by atoms with Crippen LogP contribution in [0.2, 0.25) is 0 Å². The first-order chi connectivity index (χ1) is 16.2. The lowest BCUT2D eigenvalue weighted by molar-refractivity contribution is -0.00443. The predicted molar refractivity (Wildman–Crippen MR) is 123 cm³/mol. The summed E-state index contributed by atoms with van der Waals surface area (Å²) in [5.41, 5.74) is 4.07. The van der Waals surface area contributed by atoms with E-state index in [1.807, 2.05) is 46.6 Å². The fourth-order valence-electron chi connectivity index (χ4n) is 4.93. The summed E-state index contributed by atoms with van der Waals surface area (Å²) in [5, 5.41) is 8.13. The van der Waals surface area contributed by atoms with Crippen LogP contribution in [-0.2, 0) is 11.3 Å². The molecule has 9 nitrogen and oxygen atoms in total. The number of hydrogen-bond donors (Lipinski definition) is 1. The Labute approximate surface area is 190 Å². The van der Waals surface area contributed by atoms with Crippen molar-refractivity contribution in [1.82, 2.24) is 34.0 Å². The molecular formula is C23H27FN8O. The number of fused-ring (bicyclic) bond motifs is 2. The number of nitrogens with zero attached hydrogens (tertiary/aromatic N) is 7. The third kappa shape index (κ3) is 3.72. The molecule has 0 spiro atoms. The van der Waals surface area contributed by atoms with Gasteiger partial charge in [-0.3, -0.25) is 4.90 Å². The second kappa shape index (κ2) is 8.35. The van der Waals surface area contributed by atoms with E-state index >= 15 is 0 Å². The van der Waals surface area contributed by atoms with Gasteiger partial charge in [0.05, 0.1) is 37.2 Å². The molecule has 1 saturated carbocycles. The number of pyridine rings is 1. The lowest BCUT2D eigenvalue weighted by Gasteiger charge is -2.44. The minimum absolute atomic E-state index is 0.251. The third-order valence-corrected chi connectivity index (χ3v) is 6.79. The molecule has 1 aliphatic carbocycles. The number of halogens is 1. The van der Waals surface area contributed by atoms with E-state index in [4.69, 9.17) is 9.72 Å². The summed E-state index contributed by atoms with van der Waals surface area (Å²) in [4.78, 5) is 16.4. The maximum absolute atomic E-state index is 13.0. The summed E-state index contributed by atoms with van der Waals surface area (Å²) >= 11 is 0. The Hall–Kier alpha value is -3.11. The van der Waals surface area contributed by atoms with Crippen LogP contribution in [-0.4, -0.2) is 79.1 Å². The van der Waals surface area contributed by atoms with E-state index in [9.17, 15) is 4.39 Å². The van der Waals surface area contributed by atoms with Gasteiger partial charge in [-0.2, -0.15) is 0 Å². The van der Waals surface area contributed by atoms with Gasteiger partial charge in [-0.15, -0.1) is 5.10 Å². The summed E-state index contributed by atoms with van der Waals surface area (Å²) in [7, 11) is 0. The van der Waals surface area contributed by atoms with Crippen LogP contribution in [0.4, 0.5) is 10.3 Å². The van der Waals surface area contributed by atoms with E-state index in [0.717, 1.165) is 67.3 Å². The van der Waals surface area contributed by atoms with Crippen molar-refractivity contribution >= 4 is 22.6 Å². The molecule has 172 valence electrons. The minimum atomic E-state index is -0.453. The molecule has 4 aromatic heterocycles. The van der Waals surface area contributed by atoms with E-state index in [2.05, 4.69) is 25.3 Å². The van der Waals surface area contributed by atoms with Crippen molar-refractivity contribution in [2.45, 2.75) is 38.4 Å². The molecule has 10 heteroatoms. The lowest BCUT2D eigenvalue weighted by atomic mass is 9.85. The molecule has 0 bridgehead atoms. The molecule has 2 aliphatic rings. The highest BCUT2D eigenvalue weighted by molar-refractivity contribution is 5.82. The molecule has 0 aromatic carbocycles. The SMILES string of the molecule is Cc1nc2ccc(-c3ccn4nc(N[C@H]5C[C@H](N6CCOCC6)C5)ncc34)nc2n1CCF. The van der Waals surface area contributed by atoms with Crippen LogP contribution in [0.3, 0.4) is 0 Å². The number of rotatable bonds is 6. The van der Waals surface area contributed by atoms with Gasteiger partial charge in [0, 0.05) is 36.9 Å². The van der Waals surface area contributed by atoms with Crippen LogP contribution in [0.5, 0.6) is 0 Å². The Balaban J connectivity index is 1.20. The number of aromatic nitrogens is 6. The fraction of sp³-hybridized carbons (Fsp3) is 0.478. The Kier molecular flexibility index (Phi) is 5.18. The topological polar surface area (TPSA) is 85.4 Å². The van der Waals surface area contributed by atoms with Crippen molar-refractivity contribution in [2.24, 2.45) is 0 Å². The number of imidazole rings is 1. The molecule has 1 saturated heterocycles. The van der Waals surface area contributed by atoms with Gasteiger partial charge in [0.25, 0.3) is 0 Å². The van der Waals surface area contributed by atoms with Gasteiger partial charge in [0.15, 0.2) is 5.65 Å². The van der Waals surface area contributed by atoms with Crippen molar-refractivity contribution in [3.05, 3.63) is 36.4 Å². The number of hydrogen-bond acceptors (Lipinski definition) is 7. The Morgan fingerprint density at radius 1 is 1.15 bits per heavy atom. The highest BCUT2D eigenvalue weighted by Crippen LogP contribution is 2.29. The van der Waals surface area contributed by atoms with Crippen LogP contribution in [0.1, 0.15) is 18.7 Å². The number of aryl methyl sites for hydroxylation is 2. The minimum Gasteiger partial charge on any atom is -0.379 e. The Bertz CT molecular complexity index is 1290. The fourth-order valence-corrected chi connectivity index (χ4v) is 4.93. The molecule has 0 unspecified atom stereocenters. The van der Waals surface area contributed by atoms with Gasteiger partial charge in [0.1, 0.15) is 18.0 Å². The number of anilines is 1. The molecule has 0 atom stereocenters. The van der Waals surface area contributed by atoms with E-state index in [1.165, 1.54) is 0 Å². The molecule has 5 heterocycles. The summed E-state index contributed by atoms with van der Waals surface area (Å²) in [6.45, 7) is 5.40. The van der Waals surface area contributed by atoms with Crippen molar-refractivity contribution in [2.75, 3.05) is 38.3 Å².